The molecule has 1 amide bonds. The molecule has 5 heteroatoms. The fraction of sp³-hybridized carbons (Fsp3) is 0.632. The van der Waals surface area contributed by atoms with E-state index < -0.39 is 0 Å². The zero-order chi connectivity index (χ0) is 16.8. The van der Waals surface area contributed by atoms with Crippen molar-refractivity contribution in [2.75, 3.05) is 13.2 Å². The van der Waals surface area contributed by atoms with E-state index in [4.69, 9.17) is 16.3 Å². The number of carbonyl (C=O) groups is 1. The zero-order valence-corrected chi connectivity index (χ0v) is 16.0. The van der Waals surface area contributed by atoms with E-state index in [1.807, 2.05) is 12.1 Å². The number of amides is 1. The van der Waals surface area contributed by atoms with Crippen molar-refractivity contribution in [1.82, 2.24) is 5.32 Å². The van der Waals surface area contributed by atoms with Crippen LogP contribution in [0, 0.1) is 17.3 Å². The van der Waals surface area contributed by atoms with Crippen LogP contribution in [0.3, 0.4) is 0 Å². The van der Waals surface area contributed by atoms with E-state index in [1.54, 1.807) is 12.1 Å². The molecule has 0 spiro atoms. The van der Waals surface area contributed by atoms with E-state index in [0.717, 1.165) is 36.8 Å². The molecule has 4 bridgehead atoms. The van der Waals surface area contributed by atoms with Crippen LogP contribution in [0.15, 0.2) is 24.3 Å². The van der Waals surface area contributed by atoms with Gasteiger partial charge < -0.3 is 10.1 Å². The monoisotopic (exact) mass is 411 g/mol. The largest absolute Gasteiger partial charge is 0.492 e. The molecule has 0 aromatic heterocycles. The molecule has 4 saturated carbocycles. The van der Waals surface area contributed by atoms with Gasteiger partial charge in [-0.15, -0.1) is 0 Å². The lowest BCUT2D eigenvalue weighted by Crippen LogP contribution is -2.58. The van der Waals surface area contributed by atoms with Crippen LogP contribution in [-0.4, -0.2) is 23.4 Å². The third kappa shape index (κ3) is 3.20. The highest BCUT2D eigenvalue weighted by Gasteiger charge is 2.59. The highest BCUT2D eigenvalue weighted by atomic mass is 79.9. The van der Waals surface area contributed by atoms with Crippen molar-refractivity contribution >= 4 is 33.4 Å². The second-order valence-corrected chi connectivity index (χ2v) is 10.1. The van der Waals surface area contributed by atoms with E-state index in [-0.39, 0.29) is 15.6 Å². The Hall–Kier alpha value is -0.740. The molecule has 0 heterocycles. The van der Waals surface area contributed by atoms with Crippen LogP contribution >= 0.6 is 27.5 Å². The van der Waals surface area contributed by atoms with Crippen molar-refractivity contribution in [2.45, 2.75) is 42.8 Å². The van der Waals surface area contributed by atoms with Gasteiger partial charge in [0.2, 0.25) is 5.91 Å². The molecule has 0 radical (unpaired) electrons. The van der Waals surface area contributed by atoms with Crippen LogP contribution in [0.2, 0.25) is 5.02 Å². The molecule has 3 nitrogen and oxygen atoms in total. The summed E-state index contributed by atoms with van der Waals surface area (Å²) in [6, 6.07) is 7.30. The van der Waals surface area contributed by atoms with Crippen molar-refractivity contribution in [1.29, 1.82) is 0 Å². The fourth-order valence-electron chi connectivity index (χ4n) is 5.47. The van der Waals surface area contributed by atoms with E-state index in [9.17, 15) is 4.79 Å². The van der Waals surface area contributed by atoms with Gasteiger partial charge in [-0.2, -0.15) is 0 Å². The first-order chi connectivity index (χ1) is 11.5. The third-order valence-corrected chi connectivity index (χ3v) is 7.12. The van der Waals surface area contributed by atoms with Crippen LogP contribution in [0.25, 0.3) is 0 Å². The molecule has 2 atom stereocenters. The van der Waals surface area contributed by atoms with E-state index in [0.29, 0.717) is 18.2 Å². The Morgan fingerprint density at radius 1 is 1.21 bits per heavy atom. The normalized spacial score (nSPS) is 36.6. The van der Waals surface area contributed by atoms with Crippen LogP contribution in [0.1, 0.15) is 38.5 Å². The Labute approximate surface area is 156 Å². The van der Waals surface area contributed by atoms with Gasteiger partial charge in [0.15, 0.2) is 0 Å². The van der Waals surface area contributed by atoms with E-state index in [2.05, 4.69) is 21.2 Å². The maximum Gasteiger partial charge on any atom is 0.226 e. The number of hydrogen-bond acceptors (Lipinski definition) is 2. The smallest absolute Gasteiger partial charge is 0.226 e. The molecule has 0 aliphatic heterocycles. The quantitative estimate of drug-likeness (QED) is 0.568. The van der Waals surface area contributed by atoms with Crippen molar-refractivity contribution in [2.24, 2.45) is 17.3 Å². The number of carbonyl (C=O) groups excluding carboxylic acids is 1. The molecule has 5 rings (SSSR count). The number of alkyl halides is 1. The third-order valence-electron chi connectivity index (χ3n) is 5.94. The minimum Gasteiger partial charge on any atom is -0.492 e. The first-order valence-corrected chi connectivity index (χ1v) is 9.99. The maximum absolute atomic E-state index is 12.9. The van der Waals surface area contributed by atoms with Gasteiger partial charge in [0, 0.05) is 9.35 Å². The molecule has 1 aromatic carbocycles. The van der Waals surface area contributed by atoms with Crippen LogP contribution in [-0.2, 0) is 4.79 Å². The molecule has 4 aliphatic carbocycles. The lowest BCUT2D eigenvalue weighted by atomic mass is 9.49. The SMILES string of the molecule is O=C(NCCOc1ccc(Cl)cc1)C12CC3CC(CC(Br)(C3)C1)C2. The van der Waals surface area contributed by atoms with Gasteiger partial charge >= 0.3 is 0 Å². The number of hydrogen-bond donors (Lipinski definition) is 1. The first kappa shape index (κ1) is 16.7. The molecule has 130 valence electrons. The Morgan fingerprint density at radius 2 is 1.88 bits per heavy atom. The lowest BCUT2D eigenvalue weighted by Gasteiger charge is -2.59. The molecule has 24 heavy (non-hydrogen) atoms. The van der Waals surface area contributed by atoms with Gasteiger partial charge in [-0.25, -0.2) is 0 Å². The minimum atomic E-state index is -0.145. The van der Waals surface area contributed by atoms with Gasteiger partial charge in [0.1, 0.15) is 12.4 Å². The number of nitrogens with one attached hydrogen (secondary N) is 1. The Balaban J connectivity index is 1.31. The minimum absolute atomic E-state index is 0.145. The van der Waals surface area contributed by atoms with Gasteiger partial charge in [-0.1, -0.05) is 27.5 Å². The van der Waals surface area contributed by atoms with E-state index >= 15 is 0 Å². The van der Waals surface area contributed by atoms with Crippen LogP contribution in [0.5, 0.6) is 5.75 Å². The second-order valence-electron chi connectivity index (χ2n) is 7.95. The summed E-state index contributed by atoms with van der Waals surface area (Å²) in [5.74, 6) is 2.46. The van der Waals surface area contributed by atoms with Crippen LogP contribution in [0.4, 0.5) is 0 Å². The summed E-state index contributed by atoms with van der Waals surface area (Å²) >= 11 is 9.82. The molecular formula is C19H23BrClNO2. The predicted octanol–water partition coefficient (Wildman–Crippen LogP) is 4.57. The number of rotatable bonds is 5. The highest BCUT2D eigenvalue weighted by Crippen LogP contribution is 2.64. The van der Waals surface area contributed by atoms with Crippen molar-refractivity contribution in [3.05, 3.63) is 29.3 Å². The van der Waals surface area contributed by atoms with Crippen LogP contribution < -0.4 is 10.1 Å². The average molecular weight is 413 g/mol. The fourth-order valence-corrected chi connectivity index (χ4v) is 7.05. The van der Waals surface area contributed by atoms with Gasteiger partial charge in [0.05, 0.1) is 12.0 Å². The van der Waals surface area contributed by atoms with E-state index in [1.165, 1.54) is 19.3 Å². The lowest BCUT2D eigenvalue weighted by molar-refractivity contribution is -0.144. The van der Waals surface area contributed by atoms with Crippen molar-refractivity contribution in [3.8, 4) is 5.75 Å². The van der Waals surface area contributed by atoms with Gasteiger partial charge in [-0.3, -0.25) is 4.79 Å². The van der Waals surface area contributed by atoms with Gasteiger partial charge in [-0.05, 0) is 74.6 Å². The zero-order valence-electron chi connectivity index (χ0n) is 13.7. The average Bonchev–Trinajstić information content (AvgIpc) is 2.50. The van der Waals surface area contributed by atoms with Crippen molar-refractivity contribution < 1.29 is 9.53 Å². The summed E-state index contributed by atoms with van der Waals surface area (Å²) in [5, 5.41) is 3.82. The summed E-state index contributed by atoms with van der Waals surface area (Å²) in [6.07, 6.45) is 6.96. The summed E-state index contributed by atoms with van der Waals surface area (Å²) in [4.78, 5) is 12.9. The summed E-state index contributed by atoms with van der Waals surface area (Å²) in [7, 11) is 0. The highest BCUT2D eigenvalue weighted by molar-refractivity contribution is 9.10. The standard InChI is InChI=1S/C19H23BrClNO2/c20-19-10-13-7-14(11-19)9-18(8-13,12-19)17(23)22-5-6-24-16-3-1-15(21)2-4-16/h1-4,13-14H,5-12H2,(H,22,23). The molecule has 1 aromatic rings. The van der Waals surface area contributed by atoms with Crippen molar-refractivity contribution in [3.63, 3.8) is 0 Å². The maximum atomic E-state index is 12.9. The molecule has 4 fully saturated rings. The summed E-state index contributed by atoms with van der Waals surface area (Å²) in [6.45, 7) is 1.03. The van der Waals surface area contributed by atoms with Gasteiger partial charge in [0.25, 0.3) is 0 Å². The molecular weight excluding hydrogens is 390 g/mol. The number of halogens is 2. The Morgan fingerprint density at radius 3 is 2.50 bits per heavy atom. The molecule has 4 aliphatic rings. The Kier molecular flexibility index (Phi) is 4.32. The second kappa shape index (κ2) is 6.21. The number of benzene rings is 1. The Bertz CT molecular complexity index is 619. The topological polar surface area (TPSA) is 38.3 Å². The first-order valence-electron chi connectivity index (χ1n) is 8.82. The molecule has 1 N–H and O–H groups in total. The predicted molar refractivity (Wildman–Crippen MR) is 98.7 cm³/mol. The summed E-state index contributed by atoms with van der Waals surface area (Å²) in [5.41, 5.74) is -0.145. The molecule has 2 unspecified atom stereocenters. The summed E-state index contributed by atoms with van der Waals surface area (Å²) < 4.78 is 5.88. The molecule has 0 saturated heterocycles. The number of ether oxygens (including phenoxy) is 1.